The molecule has 0 saturated heterocycles. The summed E-state index contributed by atoms with van der Waals surface area (Å²) >= 11 is 0. The number of rotatable bonds is 5. The number of carbonyl (C=O) groups is 4. The molecule has 8 heteroatoms. The Morgan fingerprint density at radius 2 is 1.67 bits per heavy atom. The SMILES string of the molecule is CCc1cc(-c2cccc(C(C)=O)c2)c2c(c1O)C(=O)C1=C(O)[C@@]3(O)C(=O)C(C(C)=O)=C(O)C(C(C)C)[C@@]3(C)C[C@@]1(C)C2. The van der Waals surface area contributed by atoms with Gasteiger partial charge in [0.2, 0.25) is 5.78 Å². The molecule has 0 bridgehead atoms. The van der Waals surface area contributed by atoms with Gasteiger partial charge in [-0.15, -0.1) is 0 Å². The first-order chi connectivity index (χ1) is 20.0. The Bertz CT molecular complexity index is 1710. The lowest BCUT2D eigenvalue weighted by Crippen LogP contribution is -2.67. The molecule has 4 N–H and O–H groups in total. The minimum absolute atomic E-state index is 0.00806. The van der Waals surface area contributed by atoms with E-state index in [0.29, 0.717) is 34.2 Å². The molecule has 226 valence electrons. The van der Waals surface area contributed by atoms with Gasteiger partial charge in [-0.25, -0.2) is 0 Å². The summed E-state index contributed by atoms with van der Waals surface area (Å²) in [7, 11) is 0. The van der Waals surface area contributed by atoms with Crippen LogP contribution in [0.15, 0.2) is 53.0 Å². The van der Waals surface area contributed by atoms with Crippen molar-refractivity contribution < 1.29 is 39.6 Å². The number of benzene rings is 2. The Balaban J connectivity index is 1.84. The molecule has 0 radical (unpaired) electrons. The number of phenolic OH excluding ortho intramolecular Hbond substituents is 1. The van der Waals surface area contributed by atoms with Gasteiger partial charge in [0.1, 0.15) is 22.8 Å². The number of aliphatic hydroxyl groups is 3. The maximum Gasteiger partial charge on any atom is 0.209 e. The summed E-state index contributed by atoms with van der Waals surface area (Å²) in [6.07, 6.45) is 0.546. The summed E-state index contributed by atoms with van der Waals surface area (Å²) in [6, 6.07) is 8.84. The van der Waals surface area contributed by atoms with Crippen LogP contribution in [0.25, 0.3) is 11.1 Å². The molecular weight excluding hydrogens is 548 g/mol. The van der Waals surface area contributed by atoms with Gasteiger partial charge in [0.05, 0.1) is 5.56 Å². The number of aromatic hydroxyl groups is 1. The quantitative estimate of drug-likeness (QED) is 0.255. The first-order valence-electron chi connectivity index (χ1n) is 14.6. The number of hydrogen-bond donors (Lipinski definition) is 4. The van der Waals surface area contributed by atoms with Crippen molar-refractivity contribution in [1.29, 1.82) is 0 Å². The number of fused-ring (bicyclic) bond motifs is 3. The standard InChI is InChI=1S/C35H38O8/c1-8-19-13-22(21-11-9-10-20(12-21)17(4)36)23-14-33(6)15-34(7)26(16(2)3)29(39)24(18(5)37)31(41)35(34,43)32(42)27(33)30(40)25(23)28(19)38/h9-13,16,26,38-39,42-43H,8,14-15H2,1-7H3/t26?,33-,34-,35+/m1/s1. The molecule has 3 aliphatic rings. The zero-order valence-electron chi connectivity index (χ0n) is 25.6. The third kappa shape index (κ3) is 3.92. The van der Waals surface area contributed by atoms with Crippen LogP contribution in [0.4, 0.5) is 0 Å². The number of aryl methyl sites for hydroxylation is 1. The van der Waals surface area contributed by atoms with Crippen LogP contribution in [-0.2, 0) is 22.4 Å². The number of phenols is 1. The normalized spacial score (nSPS) is 28.5. The molecule has 0 heterocycles. The first-order valence-corrected chi connectivity index (χ1v) is 14.6. The van der Waals surface area contributed by atoms with Gasteiger partial charge in [0.25, 0.3) is 0 Å². The summed E-state index contributed by atoms with van der Waals surface area (Å²) in [4.78, 5) is 53.1. The fourth-order valence-corrected chi connectivity index (χ4v) is 8.29. The molecule has 0 amide bonds. The highest BCUT2D eigenvalue weighted by molar-refractivity contribution is 6.25. The smallest absolute Gasteiger partial charge is 0.209 e. The van der Waals surface area contributed by atoms with Gasteiger partial charge in [-0.05, 0) is 73.4 Å². The molecule has 2 aromatic carbocycles. The van der Waals surface area contributed by atoms with Gasteiger partial charge in [0.15, 0.2) is 23.0 Å². The Labute approximate surface area is 250 Å². The zero-order chi connectivity index (χ0) is 32.0. The summed E-state index contributed by atoms with van der Waals surface area (Å²) in [5, 5.41) is 46.8. The lowest BCUT2D eigenvalue weighted by Gasteiger charge is -2.59. The molecule has 2 aromatic rings. The molecule has 0 aromatic heterocycles. The molecule has 0 spiro atoms. The average Bonchev–Trinajstić information content (AvgIpc) is 2.90. The van der Waals surface area contributed by atoms with Gasteiger partial charge in [-0.2, -0.15) is 0 Å². The van der Waals surface area contributed by atoms with Crippen molar-refractivity contribution in [3.05, 3.63) is 75.3 Å². The number of hydrogen-bond acceptors (Lipinski definition) is 8. The lowest BCUT2D eigenvalue weighted by molar-refractivity contribution is -0.171. The third-order valence-electron chi connectivity index (χ3n) is 10.0. The van der Waals surface area contributed by atoms with Crippen molar-refractivity contribution in [3.8, 4) is 16.9 Å². The fraction of sp³-hybridized carbons (Fsp3) is 0.429. The van der Waals surface area contributed by atoms with Gasteiger partial charge >= 0.3 is 0 Å². The van der Waals surface area contributed by atoms with Gasteiger partial charge in [-0.1, -0.05) is 52.8 Å². The van der Waals surface area contributed by atoms with Crippen molar-refractivity contribution in [2.24, 2.45) is 22.7 Å². The fourth-order valence-electron chi connectivity index (χ4n) is 8.29. The highest BCUT2D eigenvalue weighted by atomic mass is 16.3. The van der Waals surface area contributed by atoms with Crippen LogP contribution < -0.4 is 0 Å². The van der Waals surface area contributed by atoms with E-state index in [1.807, 2.05) is 19.1 Å². The van der Waals surface area contributed by atoms with Crippen LogP contribution >= 0.6 is 0 Å². The molecule has 0 saturated carbocycles. The van der Waals surface area contributed by atoms with E-state index in [4.69, 9.17) is 0 Å². The number of allylic oxidation sites excluding steroid dienone is 2. The molecule has 5 rings (SSSR count). The summed E-state index contributed by atoms with van der Waals surface area (Å²) in [5.41, 5.74) is -3.24. The van der Waals surface area contributed by atoms with Crippen molar-refractivity contribution in [2.75, 3.05) is 0 Å². The molecule has 0 fully saturated rings. The predicted octanol–water partition coefficient (Wildman–Crippen LogP) is 5.78. The summed E-state index contributed by atoms with van der Waals surface area (Å²) in [5.74, 6) is -5.50. The van der Waals surface area contributed by atoms with Crippen LogP contribution in [0, 0.1) is 22.7 Å². The minimum Gasteiger partial charge on any atom is -0.511 e. The molecule has 3 aliphatic carbocycles. The van der Waals surface area contributed by atoms with Crippen molar-refractivity contribution in [1.82, 2.24) is 0 Å². The highest BCUT2D eigenvalue weighted by Gasteiger charge is 2.71. The van der Waals surface area contributed by atoms with Crippen LogP contribution in [-0.4, -0.2) is 49.2 Å². The van der Waals surface area contributed by atoms with Gasteiger partial charge in [-0.3, -0.25) is 19.2 Å². The second-order valence-electron chi connectivity index (χ2n) is 13.2. The Hall–Kier alpha value is -4.04. The Morgan fingerprint density at radius 1 is 1.02 bits per heavy atom. The van der Waals surface area contributed by atoms with Crippen LogP contribution in [0.5, 0.6) is 5.75 Å². The summed E-state index contributed by atoms with van der Waals surface area (Å²) < 4.78 is 0. The Morgan fingerprint density at radius 3 is 2.23 bits per heavy atom. The van der Waals surface area contributed by atoms with E-state index < -0.39 is 56.8 Å². The topological polar surface area (TPSA) is 149 Å². The first kappa shape index (κ1) is 30.4. The van der Waals surface area contributed by atoms with Crippen LogP contribution in [0.2, 0.25) is 0 Å². The van der Waals surface area contributed by atoms with Crippen LogP contribution in [0.3, 0.4) is 0 Å². The number of Topliss-reactive ketones (excluding diaryl/α,β-unsaturated/α-hetero) is 4. The van der Waals surface area contributed by atoms with E-state index in [9.17, 15) is 39.6 Å². The van der Waals surface area contributed by atoms with Crippen LogP contribution in [0.1, 0.15) is 86.7 Å². The van der Waals surface area contributed by atoms with Gasteiger partial charge < -0.3 is 20.4 Å². The minimum atomic E-state index is -2.66. The number of carbonyl (C=O) groups excluding carboxylic acids is 4. The lowest BCUT2D eigenvalue weighted by atomic mass is 9.44. The molecule has 8 nitrogen and oxygen atoms in total. The zero-order valence-corrected chi connectivity index (χ0v) is 25.6. The van der Waals surface area contributed by atoms with E-state index in [1.165, 1.54) is 6.92 Å². The molecule has 4 atom stereocenters. The largest absolute Gasteiger partial charge is 0.511 e. The average molecular weight is 587 g/mol. The molecule has 1 unspecified atom stereocenters. The highest BCUT2D eigenvalue weighted by Crippen LogP contribution is 2.65. The van der Waals surface area contributed by atoms with E-state index >= 15 is 0 Å². The molecule has 0 aliphatic heterocycles. The third-order valence-corrected chi connectivity index (χ3v) is 10.0. The molecule has 43 heavy (non-hydrogen) atoms. The second kappa shape index (κ2) is 9.74. The maximum atomic E-state index is 14.5. The monoisotopic (exact) mass is 586 g/mol. The molecular formula is C35H38O8. The maximum absolute atomic E-state index is 14.5. The van der Waals surface area contributed by atoms with E-state index in [2.05, 4.69) is 0 Å². The van der Waals surface area contributed by atoms with Crippen molar-refractivity contribution >= 4 is 23.1 Å². The predicted molar refractivity (Wildman–Crippen MR) is 160 cm³/mol. The summed E-state index contributed by atoms with van der Waals surface area (Å²) in [6.45, 7) is 11.4. The number of aliphatic hydroxyl groups excluding tert-OH is 2. The van der Waals surface area contributed by atoms with Crippen molar-refractivity contribution in [2.45, 2.75) is 73.3 Å². The Kier molecular flexibility index (Phi) is 6.89. The van der Waals surface area contributed by atoms with Gasteiger partial charge in [0, 0.05) is 27.9 Å². The second-order valence-corrected chi connectivity index (χ2v) is 13.2. The van der Waals surface area contributed by atoms with E-state index in [1.54, 1.807) is 45.9 Å². The van der Waals surface area contributed by atoms with E-state index in [-0.39, 0.29) is 41.4 Å². The van der Waals surface area contributed by atoms with Crippen molar-refractivity contribution in [3.63, 3.8) is 0 Å². The van der Waals surface area contributed by atoms with E-state index in [0.717, 1.165) is 6.92 Å². The number of ketones is 4.